The topological polar surface area (TPSA) is 83.5 Å². The van der Waals surface area contributed by atoms with E-state index >= 15 is 0 Å². The van der Waals surface area contributed by atoms with Crippen molar-refractivity contribution in [2.24, 2.45) is 0 Å². The van der Waals surface area contributed by atoms with Gasteiger partial charge in [0.15, 0.2) is 23.0 Å². The van der Waals surface area contributed by atoms with Crippen molar-refractivity contribution in [2.45, 2.75) is 32.2 Å². The first-order chi connectivity index (χ1) is 20.6. The number of hydrogen-bond donors (Lipinski definition) is 1. The average Bonchev–Trinajstić information content (AvgIpc) is 3.41. The zero-order valence-electron chi connectivity index (χ0n) is 23.7. The summed E-state index contributed by atoms with van der Waals surface area (Å²) in [6.07, 6.45) is 2.56. The molecular formula is C35H34O7. The molecule has 1 aliphatic heterocycles. The van der Waals surface area contributed by atoms with E-state index in [0.717, 1.165) is 27.8 Å². The highest BCUT2D eigenvalue weighted by atomic mass is 16.5. The normalized spacial score (nSPS) is 15.6. The lowest BCUT2D eigenvalue weighted by molar-refractivity contribution is -0.137. The van der Waals surface area contributed by atoms with Gasteiger partial charge in [0.05, 0.1) is 26.2 Å². The minimum Gasteiger partial charge on any atom is -0.493 e. The summed E-state index contributed by atoms with van der Waals surface area (Å²) in [5.41, 5.74) is 4.40. The lowest BCUT2D eigenvalue weighted by Gasteiger charge is -2.19. The van der Waals surface area contributed by atoms with Gasteiger partial charge in [-0.3, -0.25) is 0 Å². The molecule has 7 nitrogen and oxygen atoms in total. The summed E-state index contributed by atoms with van der Waals surface area (Å²) < 4.78 is 29.5. The van der Waals surface area contributed by atoms with Crippen LogP contribution in [-0.2, 0) is 22.7 Å². The van der Waals surface area contributed by atoms with E-state index in [0.29, 0.717) is 42.8 Å². The average molecular weight is 567 g/mol. The van der Waals surface area contributed by atoms with Gasteiger partial charge in [0.1, 0.15) is 19.3 Å². The first-order valence-electron chi connectivity index (χ1n) is 13.9. The monoisotopic (exact) mass is 566 g/mol. The molecule has 1 heterocycles. The van der Waals surface area contributed by atoms with Crippen LogP contribution in [0.4, 0.5) is 0 Å². The van der Waals surface area contributed by atoms with Gasteiger partial charge in [0.2, 0.25) is 0 Å². The van der Waals surface area contributed by atoms with Gasteiger partial charge in [0, 0.05) is 11.6 Å². The van der Waals surface area contributed by atoms with Crippen LogP contribution in [0.2, 0.25) is 0 Å². The van der Waals surface area contributed by atoms with Crippen molar-refractivity contribution in [1.29, 1.82) is 0 Å². The van der Waals surface area contributed by atoms with Gasteiger partial charge in [-0.1, -0.05) is 66.7 Å². The third-order valence-corrected chi connectivity index (χ3v) is 7.00. The molecule has 0 radical (unpaired) electrons. The van der Waals surface area contributed by atoms with Gasteiger partial charge in [0.25, 0.3) is 0 Å². The van der Waals surface area contributed by atoms with Crippen LogP contribution in [0.5, 0.6) is 23.0 Å². The van der Waals surface area contributed by atoms with Crippen LogP contribution in [0.25, 0.3) is 6.08 Å². The van der Waals surface area contributed by atoms with Crippen molar-refractivity contribution in [3.63, 3.8) is 0 Å². The third kappa shape index (κ3) is 6.75. The molecule has 216 valence electrons. The predicted molar refractivity (Wildman–Crippen MR) is 160 cm³/mol. The Hall–Kier alpha value is -4.75. The van der Waals surface area contributed by atoms with Crippen LogP contribution < -0.4 is 18.9 Å². The number of aliphatic hydroxyl groups is 1. The lowest BCUT2D eigenvalue weighted by atomic mass is 9.90. The van der Waals surface area contributed by atoms with Gasteiger partial charge >= 0.3 is 5.97 Å². The molecule has 1 N–H and O–H groups in total. The van der Waals surface area contributed by atoms with E-state index in [1.165, 1.54) is 6.08 Å². The van der Waals surface area contributed by atoms with E-state index in [9.17, 15) is 9.90 Å². The van der Waals surface area contributed by atoms with Crippen molar-refractivity contribution in [3.05, 3.63) is 125 Å². The number of aliphatic hydroxyl groups excluding tert-OH is 1. The second-order valence-electron chi connectivity index (χ2n) is 9.81. The molecule has 0 fully saturated rings. The largest absolute Gasteiger partial charge is 0.493 e. The maximum atomic E-state index is 12.0. The first kappa shape index (κ1) is 28.8. The van der Waals surface area contributed by atoms with Crippen molar-refractivity contribution in [3.8, 4) is 23.0 Å². The number of rotatable bonds is 12. The SMILES string of the molecule is CCOC(=O)/C=C/c1cc(OCc2ccccc2)c2c(c1)[C@@H](CO)[C@H](c1ccc(OCc3ccccc3)c(OC)c1)O2. The maximum absolute atomic E-state index is 12.0. The summed E-state index contributed by atoms with van der Waals surface area (Å²) in [7, 11) is 1.60. The van der Waals surface area contributed by atoms with E-state index in [1.54, 1.807) is 20.1 Å². The number of methoxy groups -OCH3 is 1. The molecule has 0 aromatic heterocycles. The van der Waals surface area contributed by atoms with Crippen molar-refractivity contribution in [2.75, 3.05) is 20.3 Å². The minimum absolute atomic E-state index is 0.157. The lowest BCUT2D eigenvalue weighted by Crippen LogP contribution is -2.13. The molecule has 42 heavy (non-hydrogen) atoms. The fraction of sp³-hybridized carbons (Fsp3) is 0.229. The van der Waals surface area contributed by atoms with Crippen LogP contribution in [0.15, 0.2) is 97.1 Å². The maximum Gasteiger partial charge on any atom is 0.330 e. The Bertz CT molecular complexity index is 1520. The van der Waals surface area contributed by atoms with Crippen molar-refractivity contribution < 1.29 is 33.6 Å². The zero-order chi connectivity index (χ0) is 29.3. The molecule has 4 aromatic rings. The summed E-state index contributed by atoms with van der Waals surface area (Å²) in [4.78, 5) is 12.0. The fourth-order valence-corrected chi connectivity index (χ4v) is 4.92. The molecule has 0 bridgehead atoms. The van der Waals surface area contributed by atoms with Gasteiger partial charge in [-0.15, -0.1) is 0 Å². The first-order valence-corrected chi connectivity index (χ1v) is 13.9. The molecule has 0 aliphatic carbocycles. The number of carbonyl (C=O) groups excluding carboxylic acids is 1. The summed E-state index contributed by atoms with van der Waals surface area (Å²) in [5.74, 6) is 1.45. The highest BCUT2D eigenvalue weighted by Gasteiger charge is 2.38. The molecular weight excluding hydrogens is 532 g/mol. The van der Waals surface area contributed by atoms with Crippen LogP contribution in [0.1, 0.15) is 46.8 Å². The molecule has 0 saturated carbocycles. The Morgan fingerprint density at radius 1 is 0.857 bits per heavy atom. The number of benzene rings is 4. The molecule has 0 unspecified atom stereocenters. The molecule has 0 spiro atoms. The molecule has 4 aromatic carbocycles. The standard InChI is InChI=1S/C35H34O7/c1-3-39-33(37)17-14-26-18-28-29(21-36)34(42-35(28)32(19-26)41-23-25-12-8-5-9-13-25)27-15-16-30(31(20-27)38-2)40-22-24-10-6-4-7-11-24/h4-20,29,34,36H,3,21-23H2,1-2H3/b17-14+/t29-,34+/m1/s1. The number of carbonyl (C=O) groups is 1. The van der Waals surface area contributed by atoms with E-state index in [4.69, 9.17) is 23.7 Å². The second kappa shape index (κ2) is 13.7. The highest BCUT2D eigenvalue weighted by molar-refractivity contribution is 5.87. The summed E-state index contributed by atoms with van der Waals surface area (Å²) in [6.45, 7) is 2.63. The zero-order valence-corrected chi connectivity index (χ0v) is 23.7. The summed E-state index contributed by atoms with van der Waals surface area (Å²) in [5, 5.41) is 10.5. The van der Waals surface area contributed by atoms with Crippen molar-refractivity contribution in [1.82, 2.24) is 0 Å². The fourth-order valence-electron chi connectivity index (χ4n) is 4.92. The number of ether oxygens (including phenoxy) is 5. The van der Waals surface area contributed by atoms with Gasteiger partial charge in [-0.2, -0.15) is 0 Å². The molecule has 0 amide bonds. The van der Waals surface area contributed by atoms with E-state index in [-0.39, 0.29) is 12.5 Å². The quantitative estimate of drug-likeness (QED) is 0.152. The number of esters is 1. The predicted octanol–water partition coefficient (Wildman–Crippen LogP) is 6.64. The Labute approximate surface area is 245 Å². The van der Waals surface area contributed by atoms with E-state index in [1.807, 2.05) is 91.0 Å². The third-order valence-electron chi connectivity index (χ3n) is 7.00. The molecule has 0 saturated heterocycles. The van der Waals surface area contributed by atoms with E-state index in [2.05, 4.69) is 0 Å². The smallest absolute Gasteiger partial charge is 0.330 e. The van der Waals surface area contributed by atoms with Crippen LogP contribution >= 0.6 is 0 Å². The summed E-state index contributed by atoms with van der Waals surface area (Å²) in [6, 6.07) is 29.2. The van der Waals surface area contributed by atoms with Crippen LogP contribution in [-0.4, -0.2) is 31.4 Å². The molecule has 1 aliphatic rings. The second-order valence-corrected chi connectivity index (χ2v) is 9.81. The van der Waals surface area contributed by atoms with Crippen LogP contribution in [0, 0.1) is 0 Å². The van der Waals surface area contributed by atoms with Crippen LogP contribution in [0.3, 0.4) is 0 Å². The Kier molecular flexibility index (Phi) is 9.41. The number of hydrogen-bond acceptors (Lipinski definition) is 7. The Morgan fingerprint density at radius 2 is 1.52 bits per heavy atom. The Morgan fingerprint density at radius 3 is 2.14 bits per heavy atom. The minimum atomic E-state index is -0.495. The highest BCUT2D eigenvalue weighted by Crippen LogP contribution is 2.51. The molecule has 2 atom stereocenters. The summed E-state index contributed by atoms with van der Waals surface area (Å²) >= 11 is 0. The number of fused-ring (bicyclic) bond motifs is 1. The van der Waals surface area contributed by atoms with E-state index < -0.39 is 12.1 Å². The van der Waals surface area contributed by atoms with Gasteiger partial charge in [-0.25, -0.2) is 4.79 Å². The molecule has 5 rings (SSSR count). The van der Waals surface area contributed by atoms with Gasteiger partial charge in [-0.05, 0) is 59.5 Å². The van der Waals surface area contributed by atoms with Gasteiger partial charge < -0.3 is 28.8 Å². The molecule has 7 heteroatoms. The Balaban J connectivity index is 1.44. The van der Waals surface area contributed by atoms with Crippen molar-refractivity contribution >= 4 is 12.0 Å².